The number of carbonyl (C=O) groups excluding carboxylic acids is 2. The Morgan fingerprint density at radius 2 is 2.09 bits per heavy atom. The summed E-state index contributed by atoms with van der Waals surface area (Å²) in [6, 6.07) is 4.23. The van der Waals surface area contributed by atoms with Crippen LogP contribution in [0.2, 0.25) is 0 Å². The zero-order valence-corrected chi connectivity index (χ0v) is 13.8. The molecule has 1 aromatic rings. The summed E-state index contributed by atoms with van der Waals surface area (Å²) in [7, 11) is 1.50. The molecule has 1 rings (SSSR count). The Morgan fingerprint density at radius 3 is 2.70 bits per heavy atom. The molecule has 126 valence electrons. The number of benzene rings is 1. The molecule has 2 amide bonds. The molecular formula is C17H24N2O4. The Bertz CT molecular complexity index is 558. The molecule has 1 aromatic carbocycles. The quantitative estimate of drug-likeness (QED) is 0.681. The number of hydrogen-bond donors (Lipinski definition) is 2. The van der Waals surface area contributed by atoms with Crippen LogP contribution in [-0.2, 0) is 4.79 Å². The van der Waals surface area contributed by atoms with Gasteiger partial charge in [-0.15, -0.1) is 0 Å². The lowest BCUT2D eigenvalue weighted by Crippen LogP contribution is -2.45. The van der Waals surface area contributed by atoms with Crippen molar-refractivity contribution in [3.63, 3.8) is 0 Å². The first-order chi connectivity index (χ1) is 11.0. The first-order valence-corrected chi connectivity index (χ1v) is 7.53. The van der Waals surface area contributed by atoms with Gasteiger partial charge in [0.25, 0.3) is 5.91 Å². The van der Waals surface area contributed by atoms with E-state index in [1.165, 1.54) is 7.11 Å². The van der Waals surface area contributed by atoms with E-state index >= 15 is 0 Å². The minimum absolute atomic E-state index is 0.210. The van der Waals surface area contributed by atoms with Crippen molar-refractivity contribution in [1.29, 1.82) is 0 Å². The summed E-state index contributed by atoms with van der Waals surface area (Å²) in [5.41, 5.74) is 0.392. The third kappa shape index (κ3) is 5.65. The van der Waals surface area contributed by atoms with Crippen LogP contribution in [0, 0.1) is 0 Å². The van der Waals surface area contributed by atoms with E-state index in [4.69, 9.17) is 9.47 Å². The van der Waals surface area contributed by atoms with E-state index in [1.807, 2.05) is 6.92 Å². The fourth-order valence-electron chi connectivity index (χ4n) is 1.82. The third-order valence-corrected chi connectivity index (χ3v) is 3.07. The van der Waals surface area contributed by atoms with Gasteiger partial charge in [-0.3, -0.25) is 9.59 Å². The van der Waals surface area contributed by atoms with E-state index in [2.05, 4.69) is 17.2 Å². The summed E-state index contributed by atoms with van der Waals surface area (Å²) in [6.07, 6.45) is 2.46. The van der Waals surface area contributed by atoms with Crippen LogP contribution in [0.5, 0.6) is 11.5 Å². The molecule has 6 heteroatoms. The van der Waals surface area contributed by atoms with Crippen molar-refractivity contribution in [1.82, 2.24) is 10.6 Å². The first kappa shape index (κ1) is 18.5. The molecule has 0 radical (unpaired) electrons. The molecule has 0 saturated carbocycles. The average molecular weight is 320 g/mol. The normalized spacial score (nSPS) is 11.3. The Balaban J connectivity index is 2.75. The first-order valence-electron chi connectivity index (χ1n) is 7.53. The summed E-state index contributed by atoms with van der Waals surface area (Å²) in [4.78, 5) is 24.0. The highest BCUT2D eigenvalue weighted by Crippen LogP contribution is 2.28. The van der Waals surface area contributed by atoms with E-state index in [9.17, 15) is 9.59 Å². The molecule has 23 heavy (non-hydrogen) atoms. The maximum Gasteiger partial charge on any atom is 0.252 e. The molecular weight excluding hydrogens is 296 g/mol. The molecule has 0 fully saturated rings. The van der Waals surface area contributed by atoms with Crippen LogP contribution < -0.4 is 20.1 Å². The van der Waals surface area contributed by atoms with Gasteiger partial charge in [-0.1, -0.05) is 19.6 Å². The van der Waals surface area contributed by atoms with Crippen LogP contribution in [0.1, 0.15) is 30.6 Å². The van der Waals surface area contributed by atoms with Gasteiger partial charge in [0, 0.05) is 12.1 Å². The number of amides is 2. The van der Waals surface area contributed by atoms with Crippen LogP contribution >= 0.6 is 0 Å². The molecule has 0 saturated heterocycles. The van der Waals surface area contributed by atoms with Gasteiger partial charge in [-0.25, -0.2) is 0 Å². The predicted octanol–water partition coefficient (Wildman–Crippen LogP) is 1.90. The van der Waals surface area contributed by atoms with Gasteiger partial charge in [-0.2, -0.15) is 0 Å². The summed E-state index contributed by atoms with van der Waals surface area (Å²) < 4.78 is 10.7. The molecule has 0 aliphatic rings. The molecule has 0 aliphatic carbocycles. The van der Waals surface area contributed by atoms with Gasteiger partial charge in [0.05, 0.1) is 7.11 Å². The van der Waals surface area contributed by atoms with E-state index in [0.29, 0.717) is 30.2 Å². The van der Waals surface area contributed by atoms with E-state index in [-0.39, 0.29) is 11.8 Å². The molecule has 2 N–H and O–H groups in total. The highest BCUT2D eigenvalue weighted by atomic mass is 16.5. The fourth-order valence-corrected chi connectivity index (χ4v) is 1.82. The highest BCUT2D eigenvalue weighted by Gasteiger charge is 2.17. The maximum atomic E-state index is 12.2. The van der Waals surface area contributed by atoms with Gasteiger partial charge in [0.15, 0.2) is 11.5 Å². The molecule has 0 unspecified atom stereocenters. The van der Waals surface area contributed by atoms with Gasteiger partial charge in [0.1, 0.15) is 12.6 Å². The van der Waals surface area contributed by atoms with Crippen molar-refractivity contribution in [2.45, 2.75) is 26.3 Å². The van der Waals surface area contributed by atoms with Crippen molar-refractivity contribution in [3.8, 4) is 11.5 Å². The standard InChI is InChI=1S/C17H24N2O4/c1-5-9-18-16(20)12(3)19-17(21)13-7-8-14(23-10-6-2)15(11-13)22-4/h6-8,11-12H,2,5,9-10H2,1,3-4H3,(H,18,20)(H,19,21)/t12-/m0/s1. The summed E-state index contributed by atoms with van der Waals surface area (Å²) in [5.74, 6) is 0.413. The second kappa shape index (κ2) is 9.50. The topological polar surface area (TPSA) is 76.7 Å². The summed E-state index contributed by atoms with van der Waals surface area (Å²) in [6.45, 7) is 8.11. The average Bonchev–Trinajstić information content (AvgIpc) is 2.57. The molecule has 1 atom stereocenters. The number of methoxy groups -OCH3 is 1. The van der Waals surface area contributed by atoms with Crippen molar-refractivity contribution in [2.75, 3.05) is 20.3 Å². The molecule has 6 nitrogen and oxygen atoms in total. The van der Waals surface area contributed by atoms with E-state index in [0.717, 1.165) is 6.42 Å². The minimum Gasteiger partial charge on any atom is -0.493 e. The lowest BCUT2D eigenvalue weighted by molar-refractivity contribution is -0.122. The SMILES string of the molecule is C=CCOc1ccc(C(=O)N[C@@H](C)C(=O)NCCC)cc1OC. The molecule has 0 bridgehead atoms. The van der Waals surface area contributed by atoms with Crippen molar-refractivity contribution in [3.05, 3.63) is 36.4 Å². The van der Waals surface area contributed by atoms with Gasteiger partial charge < -0.3 is 20.1 Å². The van der Waals surface area contributed by atoms with E-state index in [1.54, 1.807) is 31.2 Å². The Kier molecular flexibility index (Phi) is 7.66. The van der Waals surface area contributed by atoms with Crippen LogP contribution in [0.4, 0.5) is 0 Å². The molecule has 0 aliphatic heterocycles. The zero-order chi connectivity index (χ0) is 17.2. The largest absolute Gasteiger partial charge is 0.493 e. The monoisotopic (exact) mass is 320 g/mol. The van der Waals surface area contributed by atoms with Gasteiger partial charge >= 0.3 is 0 Å². The lowest BCUT2D eigenvalue weighted by Gasteiger charge is -2.15. The second-order valence-corrected chi connectivity index (χ2v) is 4.95. The number of rotatable bonds is 9. The van der Waals surface area contributed by atoms with Gasteiger partial charge in [-0.05, 0) is 31.5 Å². The fraction of sp³-hybridized carbons (Fsp3) is 0.412. The van der Waals surface area contributed by atoms with Crippen molar-refractivity contribution in [2.24, 2.45) is 0 Å². The van der Waals surface area contributed by atoms with Crippen LogP contribution in [0.3, 0.4) is 0 Å². The summed E-state index contributed by atoms with van der Waals surface area (Å²) in [5, 5.41) is 5.39. The van der Waals surface area contributed by atoms with Crippen LogP contribution in [0.15, 0.2) is 30.9 Å². The van der Waals surface area contributed by atoms with Crippen molar-refractivity contribution >= 4 is 11.8 Å². The minimum atomic E-state index is -0.614. The van der Waals surface area contributed by atoms with Crippen LogP contribution in [0.25, 0.3) is 0 Å². The van der Waals surface area contributed by atoms with E-state index < -0.39 is 6.04 Å². The Hall–Kier alpha value is -2.50. The maximum absolute atomic E-state index is 12.2. The number of ether oxygens (including phenoxy) is 2. The van der Waals surface area contributed by atoms with Crippen LogP contribution in [-0.4, -0.2) is 38.1 Å². The smallest absolute Gasteiger partial charge is 0.252 e. The second-order valence-electron chi connectivity index (χ2n) is 4.95. The number of carbonyl (C=O) groups is 2. The van der Waals surface area contributed by atoms with Gasteiger partial charge in [0.2, 0.25) is 5.91 Å². The third-order valence-electron chi connectivity index (χ3n) is 3.07. The molecule has 0 heterocycles. The lowest BCUT2D eigenvalue weighted by atomic mass is 10.1. The summed E-state index contributed by atoms with van der Waals surface area (Å²) >= 11 is 0. The number of hydrogen-bond acceptors (Lipinski definition) is 4. The number of nitrogens with one attached hydrogen (secondary N) is 2. The predicted molar refractivity (Wildman–Crippen MR) is 88.9 cm³/mol. The molecule has 0 spiro atoms. The highest BCUT2D eigenvalue weighted by molar-refractivity contribution is 5.97. The van der Waals surface area contributed by atoms with Crippen molar-refractivity contribution < 1.29 is 19.1 Å². The zero-order valence-electron chi connectivity index (χ0n) is 13.8. The Morgan fingerprint density at radius 1 is 1.35 bits per heavy atom. The molecule has 0 aromatic heterocycles. The Labute approximate surface area is 136 Å².